The number of hydrogen-bond acceptors (Lipinski definition) is 4. The van der Waals surface area contributed by atoms with Crippen molar-refractivity contribution in [3.63, 3.8) is 0 Å². The molecule has 1 aromatic rings. The fraction of sp³-hybridized carbons (Fsp3) is 0.650. The Labute approximate surface area is 192 Å². The van der Waals surface area contributed by atoms with Gasteiger partial charge >= 0.3 is 0 Å². The first-order chi connectivity index (χ1) is 13.4. The molecule has 1 aromatic carbocycles. The average Bonchev–Trinajstić information content (AvgIpc) is 2.70. The number of rotatable bonds is 9. The van der Waals surface area contributed by atoms with Crippen LogP contribution in [0.25, 0.3) is 0 Å². The van der Waals surface area contributed by atoms with E-state index in [1.54, 1.807) is 0 Å². The summed E-state index contributed by atoms with van der Waals surface area (Å²) in [6.45, 7) is 6.09. The van der Waals surface area contributed by atoms with E-state index in [4.69, 9.17) is 9.73 Å². The van der Waals surface area contributed by atoms with Gasteiger partial charge in [-0.25, -0.2) is 18.1 Å². The molecule has 1 aliphatic rings. The second-order valence-corrected chi connectivity index (χ2v) is 9.15. The number of nitrogens with one attached hydrogen (secondary N) is 2. The lowest BCUT2D eigenvalue weighted by atomic mass is 9.96. The van der Waals surface area contributed by atoms with E-state index in [0.717, 1.165) is 68.6 Å². The molecule has 1 fully saturated rings. The minimum Gasteiger partial charge on any atom is -0.381 e. The van der Waals surface area contributed by atoms with Crippen LogP contribution in [-0.2, 0) is 27.1 Å². The van der Waals surface area contributed by atoms with Crippen LogP contribution in [0.3, 0.4) is 0 Å². The summed E-state index contributed by atoms with van der Waals surface area (Å²) in [5.74, 6) is 1.58. The van der Waals surface area contributed by atoms with E-state index in [1.165, 1.54) is 7.05 Å². The first kappa shape index (κ1) is 26.1. The van der Waals surface area contributed by atoms with Crippen molar-refractivity contribution >= 4 is 40.0 Å². The van der Waals surface area contributed by atoms with Crippen LogP contribution in [0, 0.1) is 5.92 Å². The molecule has 2 rings (SSSR count). The summed E-state index contributed by atoms with van der Waals surface area (Å²) in [6, 6.07) is 7.59. The van der Waals surface area contributed by atoms with Gasteiger partial charge in [0, 0.05) is 33.4 Å². The van der Waals surface area contributed by atoms with Gasteiger partial charge in [-0.1, -0.05) is 24.3 Å². The summed E-state index contributed by atoms with van der Waals surface area (Å²) in [7, 11) is 0.223. The molecule has 166 valence electrons. The van der Waals surface area contributed by atoms with Gasteiger partial charge in [0.05, 0.1) is 12.3 Å². The summed E-state index contributed by atoms with van der Waals surface area (Å²) in [6.07, 6.45) is 3.43. The SMILES string of the molecule is CCNC(=NCc1cccc(CS(=O)(=O)NC)c1)N(C)CCC1CCOCC1.I. The molecule has 9 heteroatoms. The van der Waals surface area contributed by atoms with Crippen molar-refractivity contribution in [2.24, 2.45) is 10.9 Å². The molecule has 7 nitrogen and oxygen atoms in total. The van der Waals surface area contributed by atoms with Gasteiger partial charge < -0.3 is 15.0 Å². The Bertz CT molecular complexity index is 737. The number of guanidine groups is 1. The molecule has 29 heavy (non-hydrogen) atoms. The quantitative estimate of drug-likeness (QED) is 0.287. The second kappa shape index (κ2) is 13.4. The highest BCUT2D eigenvalue weighted by Gasteiger charge is 2.15. The third kappa shape index (κ3) is 9.63. The minimum absolute atomic E-state index is 0. The van der Waals surface area contributed by atoms with Gasteiger partial charge in [0.1, 0.15) is 0 Å². The van der Waals surface area contributed by atoms with E-state index < -0.39 is 10.0 Å². The van der Waals surface area contributed by atoms with Crippen molar-refractivity contribution in [2.75, 3.05) is 40.4 Å². The summed E-state index contributed by atoms with van der Waals surface area (Å²) in [5, 5.41) is 3.35. The smallest absolute Gasteiger partial charge is 0.215 e. The van der Waals surface area contributed by atoms with E-state index >= 15 is 0 Å². The predicted molar refractivity (Wildman–Crippen MR) is 129 cm³/mol. The summed E-state index contributed by atoms with van der Waals surface area (Å²) in [4.78, 5) is 6.92. The highest BCUT2D eigenvalue weighted by Crippen LogP contribution is 2.18. The minimum atomic E-state index is -3.28. The molecule has 0 unspecified atom stereocenters. The molecular formula is C20H35IN4O3S. The largest absolute Gasteiger partial charge is 0.381 e. The summed E-state index contributed by atoms with van der Waals surface area (Å²) < 4.78 is 31.3. The van der Waals surface area contributed by atoms with Crippen LogP contribution in [0.15, 0.2) is 29.3 Å². The fourth-order valence-corrected chi connectivity index (χ4v) is 4.03. The molecule has 1 aliphatic heterocycles. The second-order valence-electron chi connectivity index (χ2n) is 7.22. The third-order valence-corrected chi connectivity index (χ3v) is 6.32. The van der Waals surface area contributed by atoms with Crippen molar-refractivity contribution in [1.82, 2.24) is 14.9 Å². The van der Waals surface area contributed by atoms with E-state index in [9.17, 15) is 8.42 Å². The van der Waals surface area contributed by atoms with Crippen LogP contribution in [0.1, 0.15) is 37.3 Å². The molecule has 0 spiro atoms. The van der Waals surface area contributed by atoms with Gasteiger partial charge in [0.2, 0.25) is 10.0 Å². The number of halogens is 1. The van der Waals surface area contributed by atoms with E-state index in [2.05, 4.69) is 28.9 Å². The number of aliphatic imine (C=N–C) groups is 1. The molecule has 0 atom stereocenters. The molecular weight excluding hydrogens is 503 g/mol. The first-order valence-corrected chi connectivity index (χ1v) is 11.6. The first-order valence-electron chi connectivity index (χ1n) is 9.99. The van der Waals surface area contributed by atoms with Crippen LogP contribution < -0.4 is 10.0 Å². The van der Waals surface area contributed by atoms with Gasteiger partial charge in [0.25, 0.3) is 0 Å². The lowest BCUT2D eigenvalue weighted by molar-refractivity contribution is 0.0625. The Balaban J connectivity index is 0.00000420. The number of sulfonamides is 1. The van der Waals surface area contributed by atoms with Gasteiger partial charge in [-0.2, -0.15) is 0 Å². The maximum absolute atomic E-state index is 11.8. The number of hydrogen-bond donors (Lipinski definition) is 2. The third-order valence-electron chi connectivity index (χ3n) is 4.98. The predicted octanol–water partition coefficient (Wildman–Crippen LogP) is 2.57. The van der Waals surface area contributed by atoms with Crippen LogP contribution >= 0.6 is 24.0 Å². The van der Waals surface area contributed by atoms with Crippen LogP contribution in [0.2, 0.25) is 0 Å². The van der Waals surface area contributed by atoms with E-state index in [1.807, 2.05) is 24.3 Å². The topological polar surface area (TPSA) is 83.0 Å². The van der Waals surface area contributed by atoms with Crippen LogP contribution in [-0.4, -0.2) is 59.7 Å². The molecule has 0 saturated carbocycles. The molecule has 1 heterocycles. The maximum atomic E-state index is 11.8. The van der Waals surface area contributed by atoms with Crippen LogP contribution in [0.5, 0.6) is 0 Å². The summed E-state index contributed by atoms with van der Waals surface area (Å²) >= 11 is 0. The van der Waals surface area contributed by atoms with Crippen LogP contribution in [0.4, 0.5) is 0 Å². The molecule has 0 aliphatic carbocycles. The molecule has 0 amide bonds. The van der Waals surface area contributed by atoms with Crippen molar-refractivity contribution < 1.29 is 13.2 Å². The number of nitrogens with zero attached hydrogens (tertiary/aromatic N) is 2. The number of ether oxygens (including phenoxy) is 1. The fourth-order valence-electron chi connectivity index (χ4n) is 3.26. The Kier molecular flexibility index (Phi) is 12.1. The molecule has 0 bridgehead atoms. The van der Waals surface area contributed by atoms with Gasteiger partial charge in [0.15, 0.2) is 5.96 Å². The van der Waals surface area contributed by atoms with E-state index in [0.29, 0.717) is 6.54 Å². The Hall–Kier alpha value is -0.910. The Morgan fingerprint density at radius 1 is 1.28 bits per heavy atom. The van der Waals surface area contributed by atoms with Gasteiger partial charge in [-0.3, -0.25) is 0 Å². The Morgan fingerprint density at radius 3 is 2.62 bits per heavy atom. The van der Waals surface area contributed by atoms with Crippen molar-refractivity contribution in [2.45, 2.75) is 38.5 Å². The Morgan fingerprint density at radius 2 is 1.97 bits per heavy atom. The molecule has 1 saturated heterocycles. The lowest BCUT2D eigenvalue weighted by Crippen LogP contribution is -2.40. The monoisotopic (exact) mass is 538 g/mol. The molecule has 2 N–H and O–H groups in total. The highest BCUT2D eigenvalue weighted by molar-refractivity contribution is 14.0. The standard InChI is InChI=1S/C20H34N4O3S.HI/c1-4-22-20(24(3)11-8-17-9-12-27-13-10-17)23-15-18-6-5-7-19(14-18)16-28(25,26)21-2;/h5-7,14,17,21H,4,8-13,15-16H2,1-3H3,(H,22,23);1H. The van der Waals surface area contributed by atoms with Crippen molar-refractivity contribution in [1.29, 1.82) is 0 Å². The van der Waals surface area contributed by atoms with Gasteiger partial charge in [-0.05, 0) is 50.3 Å². The lowest BCUT2D eigenvalue weighted by Gasteiger charge is -2.26. The van der Waals surface area contributed by atoms with Crippen molar-refractivity contribution in [3.8, 4) is 0 Å². The summed E-state index contributed by atoms with van der Waals surface area (Å²) in [5.41, 5.74) is 1.76. The van der Waals surface area contributed by atoms with Crippen molar-refractivity contribution in [3.05, 3.63) is 35.4 Å². The zero-order valence-corrected chi connectivity index (χ0v) is 20.8. The number of benzene rings is 1. The van der Waals surface area contributed by atoms with Gasteiger partial charge in [-0.15, -0.1) is 24.0 Å². The maximum Gasteiger partial charge on any atom is 0.215 e. The van der Waals surface area contributed by atoms with E-state index in [-0.39, 0.29) is 29.7 Å². The average molecular weight is 538 g/mol. The molecule has 0 aromatic heterocycles. The highest BCUT2D eigenvalue weighted by atomic mass is 127. The molecule has 0 radical (unpaired) electrons. The zero-order chi connectivity index (χ0) is 20.4. The normalized spacial score (nSPS) is 15.6. The zero-order valence-electron chi connectivity index (χ0n) is 17.7.